The van der Waals surface area contributed by atoms with Gasteiger partial charge in [-0.15, -0.1) is 0 Å². The maximum atomic E-state index is 10.7. The monoisotopic (exact) mass is 262 g/mol. The van der Waals surface area contributed by atoms with Gasteiger partial charge in [-0.2, -0.15) is 0 Å². The number of hydrogen-bond donors (Lipinski definition) is 1. The predicted octanol–water partition coefficient (Wildman–Crippen LogP) is 2.73. The molecule has 0 aliphatic carbocycles. The molecule has 0 spiro atoms. The Hall–Kier alpha value is -1.94. The van der Waals surface area contributed by atoms with Crippen LogP contribution in [0.25, 0.3) is 11.3 Å². The van der Waals surface area contributed by atoms with Crippen molar-refractivity contribution in [2.75, 3.05) is 0 Å². The number of aryl methyl sites for hydroxylation is 1. The normalized spacial score (nSPS) is 10.3. The molecule has 0 fully saturated rings. The highest BCUT2D eigenvalue weighted by molar-refractivity contribution is 6.30. The molecule has 0 radical (unpaired) electrons. The van der Waals surface area contributed by atoms with Crippen LogP contribution in [-0.2, 0) is 11.2 Å². The van der Waals surface area contributed by atoms with Gasteiger partial charge >= 0.3 is 5.97 Å². The molecule has 0 saturated carbocycles. The molecule has 1 aromatic carbocycles. The minimum atomic E-state index is -0.907. The van der Waals surface area contributed by atoms with Crippen molar-refractivity contribution in [1.29, 1.82) is 0 Å². The zero-order chi connectivity index (χ0) is 13.1. The highest BCUT2D eigenvalue weighted by Gasteiger charge is 2.07. The molecule has 1 heterocycles. The summed E-state index contributed by atoms with van der Waals surface area (Å²) in [5, 5.41) is 9.43. The van der Waals surface area contributed by atoms with Crippen LogP contribution in [0.15, 0.2) is 30.3 Å². The number of carboxylic acid groups (broad SMARTS) is 1. The molecule has 0 atom stereocenters. The lowest BCUT2D eigenvalue weighted by Crippen LogP contribution is -2.05. The first-order valence-corrected chi connectivity index (χ1v) is 5.74. The number of carboxylic acids is 1. The van der Waals surface area contributed by atoms with Gasteiger partial charge in [0.2, 0.25) is 0 Å². The molecule has 0 aliphatic rings. The molecule has 2 aromatic rings. The lowest BCUT2D eigenvalue weighted by atomic mass is 10.1. The third-order valence-corrected chi connectivity index (χ3v) is 2.62. The first kappa shape index (κ1) is 12.5. The molecule has 0 aliphatic heterocycles. The van der Waals surface area contributed by atoms with Crippen molar-refractivity contribution in [2.24, 2.45) is 0 Å². The summed E-state index contributed by atoms with van der Waals surface area (Å²) < 4.78 is 0. The molecular formula is C13H11ClN2O2. The van der Waals surface area contributed by atoms with Gasteiger partial charge in [-0.25, -0.2) is 9.97 Å². The third-order valence-electron chi connectivity index (χ3n) is 2.36. The average Bonchev–Trinajstić information content (AvgIpc) is 2.28. The second-order valence-electron chi connectivity index (χ2n) is 3.87. The van der Waals surface area contributed by atoms with Crippen molar-refractivity contribution in [3.05, 3.63) is 46.9 Å². The number of rotatable bonds is 3. The number of aromatic nitrogens is 2. The van der Waals surface area contributed by atoms with Gasteiger partial charge in [0.05, 0.1) is 17.8 Å². The maximum Gasteiger partial charge on any atom is 0.309 e. The van der Waals surface area contributed by atoms with Crippen molar-refractivity contribution >= 4 is 17.6 Å². The summed E-state index contributed by atoms with van der Waals surface area (Å²) in [6.45, 7) is 1.74. The number of hydrogen-bond acceptors (Lipinski definition) is 3. The number of benzene rings is 1. The minimum absolute atomic E-state index is 0.107. The van der Waals surface area contributed by atoms with Crippen molar-refractivity contribution in [3.63, 3.8) is 0 Å². The van der Waals surface area contributed by atoms with Crippen LogP contribution >= 0.6 is 11.6 Å². The average molecular weight is 263 g/mol. The highest BCUT2D eigenvalue weighted by atomic mass is 35.5. The largest absolute Gasteiger partial charge is 0.481 e. The number of carbonyl (C=O) groups is 1. The zero-order valence-electron chi connectivity index (χ0n) is 9.72. The van der Waals surface area contributed by atoms with E-state index in [9.17, 15) is 4.79 Å². The molecule has 0 amide bonds. The van der Waals surface area contributed by atoms with Gasteiger partial charge < -0.3 is 5.11 Å². The van der Waals surface area contributed by atoms with E-state index in [0.29, 0.717) is 22.2 Å². The molecule has 1 N–H and O–H groups in total. The van der Waals surface area contributed by atoms with Crippen LogP contribution in [0.3, 0.4) is 0 Å². The number of halogens is 1. The third kappa shape index (κ3) is 3.05. The lowest BCUT2D eigenvalue weighted by Gasteiger charge is -2.05. The van der Waals surface area contributed by atoms with Crippen molar-refractivity contribution in [1.82, 2.24) is 9.97 Å². The van der Waals surface area contributed by atoms with Gasteiger partial charge in [0, 0.05) is 10.6 Å². The molecule has 0 bridgehead atoms. The highest BCUT2D eigenvalue weighted by Crippen LogP contribution is 2.20. The second kappa shape index (κ2) is 5.14. The predicted molar refractivity (Wildman–Crippen MR) is 68.6 cm³/mol. The van der Waals surface area contributed by atoms with Gasteiger partial charge in [-0.05, 0) is 25.1 Å². The SMILES string of the molecule is Cc1nc(CC(=O)O)cc(-c2ccc(Cl)cc2)n1. The number of aliphatic carboxylic acids is 1. The van der Waals surface area contributed by atoms with Crippen LogP contribution in [0, 0.1) is 6.92 Å². The molecule has 0 saturated heterocycles. The van der Waals surface area contributed by atoms with Crippen LogP contribution in [0.2, 0.25) is 5.02 Å². The summed E-state index contributed by atoms with van der Waals surface area (Å²) in [7, 11) is 0. The summed E-state index contributed by atoms with van der Waals surface area (Å²) in [4.78, 5) is 19.1. The fourth-order valence-electron chi connectivity index (χ4n) is 1.64. The van der Waals surface area contributed by atoms with Gasteiger partial charge in [0.25, 0.3) is 0 Å². The Balaban J connectivity index is 2.41. The van der Waals surface area contributed by atoms with Crippen LogP contribution in [0.1, 0.15) is 11.5 Å². The van der Waals surface area contributed by atoms with Gasteiger partial charge in [-0.1, -0.05) is 23.7 Å². The standard InChI is InChI=1S/C13H11ClN2O2/c1-8-15-11(7-13(17)18)6-12(16-8)9-2-4-10(14)5-3-9/h2-6H,7H2,1H3,(H,17,18). The molecule has 1 aromatic heterocycles. The molecule has 92 valence electrons. The molecule has 18 heavy (non-hydrogen) atoms. The van der Waals surface area contributed by atoms with E-state index < -0.39 is 5.97 Å². The smallest absolute Gasteiger partial charge is 0.309 e. The Bertz CT molecular complexity index is 582. The maximum absolute atomic E-state index is 10.7. The van der Waals surface area contributed by atoms with Crippen molar-refractivity contribution in [2.45, 2.75) is 13.3 Å². The molecule has 5 heteroatoms. The van der Waals surface area contributed by atoms with E-state index in [1.807, 2.05) is 12.1 Å². The van der Waals surface area contributed by atoms with Gasteiger partial charge in [-0.3, -0.25) is 4.79 Å². The van der Waals surface area contributed by atoms with Gasteiger partial charge in [0.15, 0.2) is 0 Å². The van der Waals surface area contributed by atoms with E-state index >= 15 is 0 Å². The first-order valence-electron chi connectivity index (χ1n) is 5.37. The summed E-state index contributed by atoms with van der Waals surface area (Å²) in [6.07, 6.45) is -0.107. The summed E-state index contributed by atoms with van der Waals surface area (Å²) in [6, 6.07) is 8.91. The summed E-state index contributed by atoms with van der Waals surface area (Å²) in [5.74, 6) is -0.353. The Morgan fingerprint density at radius 2 is 1.94 bits per heavy atom. The summed E-state index contributed by atoms with van der Waals surface area (Å²) in [5.41, 5.74) is 2.09. The fourth-order valence-corrected chi connectivity index (χ4v) is 1.77. The summed E-state index contributed by atoms with van der Waals surface area (Å²) >= 11 is 5.82. The van der Waals surface area contributed by atoms with Crippen molar-refractivity contribution in [3.8, 4) is 11.3 Å². The topological polar surface area (TPSA) is 63.1 Å². The van der Waals surface area contributed by atoms with E-state index in [1.54, 1.807) is 25.1 Å². The van der Waals surface area contributed by atoms with Crippen LogP contribution in [0.5, 0.6) is 0 Å². The van der Waals surface area contributed by atoms with E-state index in [2.05, 4.69) is 9.97 Å². The Morgan fingerprint density at radius 3 is 2.56 bits per heavy atom. The minimum Gasteiger partial charge on any atom is -0.481 e. The Morgan fingerprint density at radius 1 is 1.28 bits per heavy atom. The van der Waals surface area contributed by atoms with Gasteiger partial charge in [0.1, 0.15) is 5.82 Å². The molecule has 4 nitrogen and oxygen atoms in total. The first-order chi connectivity index (χ1) is 8.54. The zero-order valence-corrected chi connectivity index (χ0v) is 10.5. The van der Waals surface area contributed by atoms with Crippen LogP contribution < -0.4 is 0 Å². The fraction of sp³-hybridized carbons (Fsp3) is 0.154. The van der Waals surface area contributed by atoms with Crippen LogP contribution in [-0.4, -0.2) is 21.0 Å². The molecule has 0 unspecified atom stereocenters. The second-order valence-corrected chi connectivity index (χ2v) is 4.31. The van der Waals surface area contributed by atoms with Crippen LogP contribution in [0.4, 0.5) is 0 Å². The Labute approximate surface area is 109 Å². The van der Waals surface area contributed by atoms with Crippen molar-refractivity contribution < 1.29 is 9.90 Å². The van der Waals surface area contributed by atoms with E-state index in [-0.39, 0.29) is 6.42 Å². The molecule has 2 rings (SSSR count). The Kier molecular flexibility index (Phi) is 3.58. The lowest BCUT2D eigenvalue weighted by molar-refractivity contribution is -0.136. The molecular weight excluding hydrogens is 252 g/mol. The van der Waals surface area contributed by atoms with E-state index in [4.69, 9.17) is 16.7 Å². The quantitative estimate of drug-likeness (QED) is 0.924. The van der Waals surface area contributed by atoms with E-state index in [1.165, 1.54) is 0 Å². The number of nitrogens with zero attached hydrogens (tertiary/aromatic N) is 2. The van der Waals surface area contributed by atoms with E-state index in [0.717, 1.165) is 5.56 Å².